The molecule has 0 aromatic carbocycles. The lowest BCUT2D eigenvalue weighted by Crippen LogP contribution is -2.11. The van der Waals surface area contributed by atoms with E-state index in [-0.39, 0.29) is 6.04 Å². The summed E-state index contributed by atoms with van der Waals surface area (Å²) < 4.78 is 2.09. The van der Waals surface area contributed by atoms with Crippen LogP contribution in [-0.2, 0) is 13.5 Å². The normalized spacial score (nSPS) is 13.3. The van der Waals surface area contributed by atoms with Gasteiger partial charge >= 0.3 is 0 Å². The van der Waals surface area contributed by atoms with Crippen LogP contribution in [0.1, 0.15) is 37.8 Å². The quantitative estimate of drug-likeness (QED) is 0.739. The summed E-state index contributed by atoms with van der Waals surface area (Å²) in [6.07, 6.45) is 4.03. The number of rotatable bonds is 3. The summed E-state index contributed by atoms with van der Waals surface area (Å²) in [7, 11) is 2.02. The molecule has 0 bridgehead atoms. The Labute approximate surface area is 73.6 Å². The van der Waals surface area contributed by atoms with E-state index in [0.29, 0.717) is 0 Å². The predicted octanol–water partition coefficient (Wildman–Crippen LogP) is 1.39. The summed E-state index contributed by atoms with van der Waals surface area (Å²) in [5.74, 6) is 1.13. The van der Waals surface area contributed by atoms with Crippen LogP contribution in [-0.4, -0.2) is 9.55 Å². The Bertz CT molecular complexity index is 250. The summed E-state index contributed by atoms with van der Waals surface area (Å²) in [6.45, 7) is 4.13. The molecule has 0 spiro atoms. The Morgan fingerprint density at radius 2 is 2.33 bits per heavy atom. The summed E-state index contributed by atoms with van der Waals surface area (Å²) in [6, 6.07) is 0.0770. The summed E-state index contributed by atoms with van der Waals surface area (Å²) in [5.41, 5.74) is 6.87. The van der Waals surface area contributed by atoms with Gasteiger partial charge in [0.15, 0.2) is 0 Å². The van der Waals surface area contributed by atoms with Crippen molar-refractivity contribution in [3.05, 3.63) is 17.7 Å². The van der Waals surface area contributed by atoms with Gasteiger partial charge in [0.2, 0.25) is 0 Å². The van der Waals surface area contributed by atoms with E-state index in [9.17, 15) is 0 Å². The average Bonchev–Trinajstić information content (AvgIpc) is 2.34. The minimum absolute atomic E-state index is 0.0770. The molecule has 1 aromatic heterocycles. The molecule has 1 unspecified atom stereocenters. The van der Waals surface area contributed by atoms with Crippen molar-refractivity contribution in [2.75, 3.05) is 0 Å². The van der Waals surface area contributed by atoms with Gasteiger partial charge in [-0.05, 0) is 13.3 Å². The molecule has 1 rings (SSSR count). The molecule has 1 atom stereocenters. The molecule has 3 nitrogen and oxygen atoms in total. The molecule has 0 amide bonds. The molecule has 1 heterocycles. The molecule has 0 aliphatic carbocycles. The van der Waals surface area contributed by atoms with E-state index in [2.05, 4.69) is 16.5 Å². The molecular formula is C9H17N3. The van der Waals surface area contributed by atoms with Gasteiger partial charge < -0.3 is 10.3 Å². The van der Waals surface area contributed by atoms with E-state index >= 15 is 0 Å². The molecule has 68 valence electrons. The van der Waals surface area contributed by atoms with E-state index in [0.717, 1.165) is 24.4 Å². The number of hydrogen-bond acceptors (Lipinski definition) is 2. The van der Waals surface area contributed by atoms with Crippen molar-refractivity contribution in [3.63, 3.8) is 0 Å². The van der Waals surface area contributed by atoms with Crippen LogP contribution in [0.4, 0.5) is 0 Å². The van der Waals surface area contributed by atoms with Gasteiger partial charge in [0.25, 0.3) is 0 Å². The first kappa shape index (κ1) is 9.26. The molecule has 0 saturated carbocycles. The third-order valence-electron chi connectivity index (χ3n) is 2.06. The van der Waals surface area contributed by atoms with Crippen LogP contribution in [0.25, 0.3) is 0 Å². The zero-order chi connectivity index (χ0) is 9.14. The molecule has 0 saturated heterocycles. The first-order chi connectivity index (χ1) is 5.66. The number of nitrogens with two attached hydrogens (primary N) is 1. The van der Waals surface area contributed by atoms with Gasteiger partial charge in [-0.15, -0.1) is 0 Å². The molecule has 1 aromatic rings. The van der Waals surface area contributed by atoms with Gasteiger partial charge in [-0.2, -0.15) is 0 Å². The first-order valence-corrected chi connectivity index (χ1v) is 4.42. The Morgan fingerprint density at radius 1 is 1.67 bits per heavy atom. The first-order valence-electron chi connectivity index (χ1n) is 4.42. The van der Waals surface area contributed by atoms with E-state index in [1.165, 1.54) is 0 Å². The zero-order valence-electron chi connectivity index (χ0n) is 8.04. The minimum atomic E-state index is 0.0770. The monoisotopic (exact) mass is 167 g/mol. The topological polar surface area (TPSA) is 43.8 Å². The van der Waals surface area contributed by atoms with Gasteiger partial charge in [0.1, 0.15) is 5.82 Å². The molecule has 0 fully saturated rings. The number of aryl methyl sites for hydroxylation is 1. The van der Waals surface area contributed by atoms with Gasteiger partial charge in [-0.25, -0.2) is 4.98 Å². The highest BCUT2D eigenvalue weighted by atomic mass is 15.1. The number of imidazole rings is 1. The van der Waals surface area contributed by atoms with E-state index < -0.39 is 0 Å². The van der Waals surface area contributed by atoms with Crippen molar-refractivity contribution >= 4 is 0 Å². The fraction of sp³-hybridized carbons (Fsp3) is 0.667. The maximum absolute atomic E-state index is 5.76. The van der Waals surface area contributed by atoms with Crippen molar-refractivity contribution in [3.8, 4) is 0 Å². The SMILES string of the molecule is CCCc1ncc(C(C)N)n1C. The predicted molar refractivity (Wildman–Crippen MR) is 49.8 cm³/mol. The fourth-order valence-corrected chi connectivity index (χ4v) is 1.34. The molecule has 0 aliphatic rings. The van der Waals surface area contributed by atoms with E-state index in [4.69, 9.17) is 5.73 Å². The summed E-state index contributed by atoms with van der Waals surface area (Å²) >= 11 is 0. The standard InChI is InChI=1S/C9H17N3/c1-4-5-9-11-6-8(7(2)10)12(9)3/h6-7H,4-5,10H2,1-3H3. The molecule has 3 heteroatoms. The average molecular weight is 167 g/mol. The highest BCUT2D eigenvalue weighted by Crippen LogP contribution is 2.11. The van der Waals surface area contributed by atoms with Crippen LogP contribution >= 0.6 is 0 Å². The molecular weight excluding hydrogens is 150 g/mol. The number of hydrogen-bond donors (Lipinski definition) is 1. The van der Waals surface area contributed by atoms with Crippen molar-refractivity contribution in [1.29, 1.82) is 0 Å². The van der Waals surface area contributed by atoms with Gasteiger partial charge in [-0.1, -0.05) is 6.92 Å². The molecule has 12 heavy (non-hydrogen) atoms. The van der Waals surface area contributed by atoms with Crippen molar-refractivity contribution < 1.29 is 0 Å². The van der Waals surface area contributed by atoms with Crippen LogP contribution in [0.5, 0.6) is 0 Å². The smallest absolute Gasteiger partial charge is 0.108 e. The maximum Gasteiger partial charge on any atom is 0.108 e. The van der Waals surface area contributed by atoms with Crippen molar-refractivity contribution in [1.82, 2.24) is 9.55 Å². The molecule has 2 N–H and O–H groups in total. The lowest BCUT2D eigenvalue weighted by atomic mass is 10.3. The Kier molecular flexibility index (Phi) is 2.87. The van der Waals surface area contributed by atoms with Gasteiger partial charge in [0, 0.05) is 19.5 Å². The Balaban J connectivity index is 2.88. The highest BCUT2D eigenvalue weighted by molar-refractivity contribution is 5.08. The summed E-state index contributed by atoms with van der Waals surface area (Å²) in [5, 5.41) is 0. The van der Waals surface area contributed by atoms with E-state index in [1.54, 1.807) is 0 Å². The lowest BCUT2D eigenvalue weighted by Gasteiger charge is -2.07. The third kappa shape index (κ3) is 1.67. The maximum atomic E-state index is 5.76. The van der Waals surface area contributed by atoms with E-state index in [1.807, 2.05) is 20.2 Å². The Hall–Kier alpha value is -0.830. The van der Waals surface area contributed by atoms with Crippen LogP contribution in [0.15, 0.2) is 6.20 Å². The van der Waals surface area contributed by atoms with Crippen LogP contribution in [0, 0.1) is 0 Å². The Morgan fingerprint density at radius 3 is 2.75 bits per heavy atom. The second kappa shape index (κ2) is 3.72. The molecule has 0 radical (unpaired) electrons. The van der Waals surface area contributed by atoms with Gasteiger partial charge in [0.05, 0.1) is 11.9 Å². The second-order valence-electron chi connectivity index (χ2n) is 3.20. The third-order valence-corrected chi connectivity index (χ3v) is 2.06. The highest BCUT2D eigenvalue weighted by Gasteiger charge is 2.08. The fourth-order valence-electron chi connectivity index (χ4n) is 1.34. The zero-order valence-corrected chi connectivity index (χ0v) is 8.04. The van der Waals surface area contributed by atoms with Gasteiger partial charge in [-0.3, -0.25) is 0 Å². The van der Waals surface area contributed by atoms with Crippen molar-refractivity contribution in [2.24, 2.45) is 12.8 Å². The van der Waals surface area contributed by atoms with Crippen LogP contribution < -0.4 is 5.73 Å². The van der Waals surface area contributed by atoms with Crippen molar-refractivity contribution in [2.45, 2.75) is 32.7 Å². The largest absolute Gasteiger partial charge is 0.334 e. The van der Waals surface area contributed by atoms with Crippen LogP contribution in [0.3, 0.4) is 0 Å². The summed E-state index contributed by atoms with van der Waals surface area (Å²) in [4.78, 5) is 4.31. The van der Waals surface area contributed by atoms with Crippen LogP contribution in [0.2, 0.25) is 0 Å². The lowest BCUT2D eigenvalue weighted by molar-refractivity contribution is 0.677. The second-order valence-corrected chi connectivity index (χ2v) is 3.20. The number of aromatic nitrogens is 2. The number of nitrogens with zero attached hydrogens (tertiary/aromatic N) is 2. The molecule has 0 aliphatic heterocycles. The minimum Gasteiger partial charge on any atom is -0.334 e.